The van der Waals surface area contributed by atoms with Crippen molar-refractivity contribution in [3.63, 3.8) is 0 Å². The van der Waals surface area contributed by atoms with E-state index < -0.39 is 48.3 Å². The lowest BCUT2D eigenvalue weighted by molar-refractivity contribution is -0.310. The lowest BCUT2D eigenvalue weighted by Crippen LogP contribution is -2.62. The molecule has 3 saturated heterocycles. The molecule has 12 nitrogen and oxygen atoms in total. The van der Waals surface area contributed by atoms with Gasteiger partial charge in [-0.05, 0) is 97.7 Å². The molecule has 0 aromatic carbocycles. The third-order valence-corrected chi connectivity index (χ3v) is 14.8. The van der Waals surface area contributed by atoms with Crippen molar-refractivity contribution in [1.29, 1.82) is 0 Å². The van der Waals surface area contributed by atoms with Gasteiger partial charge in [0.1, 0.15) is 6.10 Å². The van der Waals surface area contributed by atoms with Crippen LogP contribution in [0, 0.1) is 52.3 Å². The minimum absolute atomic E-state index is 0.0353. The molecule has 1 spiro atoms. The van der Waals surface area contributed by atoms with Crippen molar-refractivity contribution >= 4 is 23.9 Å². The van der Waals surface area contributed by atoms with Crippen molar-refractivity contribution in [3.8, 4) is 0 Å². The van der Waals surface area contributed by atoms with E-state index in [0.717, 1.165) is 58.0 Å². The lowest BCUT2D eigenvalue weighted by Gasteiger charge is -2.63. The Kier molecular flexibility index (Phi) is 10.3. The Hall–Kier alpha value is -2.28. The fourth-order valence-corrected chi connectivity index (χ4v) is 12.7. The molecule has 0 aromatic rings. The molecule has 52 heavy (non-hydrogen) atoms. The van der Waals surface area contributed by atoms with Gasteiger partial charge >= 0.3 is 23.9 Å². The quantitative estimate of drug-likeness (QED) is 0.193. The second kappa shape index (κ2) is 14.1. The smallest absolute Gasteiger partial charge is 0.303 e. The van der Waals surface area contributed by atoms with E-state index in [9.17, 15) is 19.2 Å². The zero-order valence-electron chi connectivity index (χ0n) is 32.3. The average molecular weight is 733 g/mol. The molecule has 7 rings (SSSR count). The molecular weight excluding hydrogens is 672 g/mol. The van der Waals surface area contributed by atoms with E-state index in [1.54, 1.807) is 0 Å². The molecule has 3 aliphatic heterocycles. The minimum atomic E-state index is -1.16. The molecule has 0 unspecified atom stereocenters. The SMILES string of the molecule is CC(=O)O[C@H]1CC[C@@]2(C)[C@H](C1)[C@@H](O[C@@H]1OC[C@@H](OC(C)=O)[C@H](OC(C)=O)[C@H]1OC(C)=O)C[C@@H]1[C@@H]2CC[C@]2(C)[C@@H]3[C@H](C[C@@H]12)O[C@]1(CC[C@@H](C)CO1)[C@H]3C. The summed E-state index contributed by atoms with van der Waals surface area (Å²) in [4.78, 5) is 48.9. The Morgan fingerprint density at radius 3 is 1.98 bits per heavy atom. The largest absolute Gasteiger partial charge is 0.463 e. The zero-order chi connectivity index (χ0) is 37.3. The molecule has 7 fully saturated rings. The maximum Gasteiger partial charge on any atom is 0.303 e. The van der Waals surface area contributed by atoms with Gasteiger partial charge in [-0.3, -0.25) is 19.2 Å². The number of ether oxygens (including phenoxy) is 8. The molecule has 0 aromatic heterocycles. The maximum absolute atomic E-state index is 12.5. The van der Waals surface area contributed by atoms with Crippen molar-refractivity contribution in [2.45, 2.75) is 162 Å². The highest BCUT2D eigenvalue weighted by Crippen LogP contribution is 2.71. The van der Waals surface area contributed by atoms with Crippen LogP contribution in [0.2, 0.25) is 0 Å². The predicted octanol–water partition coefficient (Wildman–Crippen LogP) is 5.51. The van der Waals surface area contributed by atoms with E-state index in [1.807, 2.05) is 0 Å². The number of esters is 4. The number of hydrogen-bond donors (Lipinski definition) is 0. The molecule has 0 amide bonds. The van der Waals surface area contributed by atoms with E-state index in [-0.39, 0.29) is 47.6 Å². The van der Waals surface area contributed by atoms with Crippen LogP contribution in [-0.2, 0) is 57.1 Å². The van der Waals surface area contributed by atoms with E-state index in [4.69, 9.17) is 37.9 Å². The Balaban J connectivity index is 1.19. The minimum Gasteiger partial charge on any atom is -0.463 e. The fourth-order valence-electron chi connectivity index (χ4n) is 12.7. The van der Waals surface area contributed by atoms with Crippen LogP contribution in [0.25, 0.3) is 0 Å². The summed E-state index contributed by atoms with van der Waals surface area (Å²) in [6.45, 7) is 15.4. The van der Waals surface area contributed by atoms with Gasteiger partial charge in [-0.25, -0.2) is 0 Å². The number of carbonyl (C=O) groups excluding carboxylic acids is 4. The van der Waals surface area contributed by atoms with Gasteiger partial charge in [-0.1, -0.05) is 27.7 Å². The van der Waals surface area contributed by atoms with Crippen LogP contribution < -0.4 is 0 Å². The highest BCUT2D eigenvalue weighted by Gasteiger charge is 2.70. The van der Waals surface area contributed by atoms with Crippen molar-refractivity contribution in [2.75, 3.05) is 13.2 Å². The topological polar surface area (TPSA) is 142 Å². The zero-order valence-corrected chi connectivity index (χ0v) is 32.3. The summed E-state index contributed by atoms with van der Waals surface area (Å²) in [5.74, 6) is -0.0141. The summed E-state index contributed by atoms with van der Waals surface area (Å²) < 4.78 is 49.5. The van der Waals surface area contributed by atoms with Gasteiger partial charge in [-0.2, -0.15) is 0 Å². The van der Waals surface area contributed by atoms with E-state index in [1.165, 1.54) is 27.7 Å². The molecule has 4 saturated carbocycles. The number of fused-ring (bicyclic) bond motifs is 7. The van der Waals surface area contributed by atoms with Crippen LogP contribution in [0.4, 0.5) is 0 Å². The Labute approximate surface area is 307 Å². The third kappa shape index (κ3) is 6.59. The van der Waals surface area contributed by atoms with E-state index in [2.05, 4.69) is 27.7 Å². The molecular formula is C40H60O12. The molecule has 292 valence electrons. The normalized spacial score (nSPS) is 49.5. The first-order chi connectivity index (χ1) is 24.5. The second-order valence-electron chi connectivity index (χ2n) is 17.9. The van der Waals surface area contributed by atoms with Gasteiger partial charge < -0.3 is 37.9 Å². The highest BCUT2D eigenvalue weighted by atomic mass is 16.7. The van der Waals surface area contributed by atoms with Crippen LogP contribution in [0.15, 0.2) is 0 Å². The molecule has 17 atom stereocenters. The first kappa shape index (κ1) is 38.0. The highest BCUT2D eigenvalue weighted by molar-refractivity contribution is 5.68. The van der Waals surface area contributed by atoms with Gasteiger partial charge in [0.25, 0.3) is 0 Å². The molecule has 7 aliphatic rings. The second-order valence-corrected chi connectivity index (χ2v) is 17.9. The summed E-state index contributed by atoms with van der Waals surface area (Å²) in [6.07, 6.45) is 3.71. The number of carbonyl (C=O) groups is 4. The van der Waals surface area contributed by atoms with Crippen LogP contribution in [0.5, 0.6) is 0 Å². The molecule has 0 N–H and O–H groups in total. The lowest BCUT2D eigenvalue weighted by atomic mass is 9.43. The van der Waals surface area contributed by atoms with Gasteiger partial charge in [0.15, 0.2) is 30.4 Å². The fraction of sp³-hybridized carbons (Fsp3) is 0.900. The Morgan fingerprint density at radius 1 is 0.654 bits per heavy atom. The molecule has 12 heteroatoms. The summed E-state index contributed by atoms with van der Waals surface area (Å²) in [7, 11) is 0. The van der Waals surface area contributed by atoms with Crippen LogP contribution >= 0.6 is 0 Å². The van der Waals surface area contributed by atoms with Crippen molar-refractivity contribution in [1.82, 2.24) is 0 Å². The summed E-state index contributed by atoms with van der Waals surface area (Å²) in [5.41, 5.74) is -0.0100. The van der Waals surface area contributed by atoms with E-state index in [0.29, 0.717) is 41.9 Å². The summed E-state index contributed by atoms with van der Waals surface area (Å²) in [5, 5.41) is 0. The first-order valence-electron chi connectivity index (χ1n) is 19.8. The van der Waals surface area contributed by atoms with Gasteiger partial charge in [0, 0.05) is 40.0 Å². The first-order valence-corrected chi connectivity index (χ1v) is 19.8. The van der Waals surface area contributed by atoms with Gasteiger partial charge in [-0.15, -0.1) is 0 Å². The van der Waals surface area contributed by atoms with E-state index >= 15 is 0 Å². The third-order valence-electron chi connectivity index (χ3n) is 14.8. The maximum atomic E-state index is 12.5. The van der Waals surface area contributed by atoms with Crippen LogP contribution in [-0.4, -0.2) is 85.8 Å². The van der Waals surface area contributed by atoms with Gasteiger partial charge in [0.2, 0.25) is 0 Å². The summed E-state index contributed by atoms with van der Waals surface area (Å²) >= 11 is 0. The average Bonchev–Trinajstić information content (AvgIpc) is 3.50. The monoisotopic (exact) mass is 732 g/mol. The molecule has 4 aliphatic carbocycles. The Bertz CT molecular complexity index is 1390. The molecule has 3 heterocycles. The van der Waals surface area contributed by atoms with Crippen molar-refractivity contribution < 1.29 is 57.1 Å². The van der Waals surface area contributed by atoms with Crippen LogP contribution in [0.1, 0.15) is 113 Å². The van der Waals surface area contributed by atoms with Crippen LogP contribution in [0.3, 0.4) is 0 Å². The standard InChI is InChI=1S/C40H60O12/c1-20-9-14-40(46-18-20)21(2)34-32(52-40)17-29-27-16-31(30-15-26(47-22(3)41)10-12-38(30,7)28(27)11-13-39(29,34)8)51-37-36(50-25(6)44)35(49-24(5)43)33(19-45-37)48-23(4)42/h20-21,26-37H,9-19H2,1-8H3/t20-,21+,26+,27-,28+,29+,30-,31+,32+,33-,34+,35+,36-,37+,38-,39+,40-/m1/s1. The molecule has 0 radical (unpaired) electrons. The number of rotatable bonds is 6. The predicted molar refractivity (Wildman–Crippen MR) is 184 cm³/mol. The van der Waals surface area contributed by atoms with Crippen molar-refractivity contribution in [2.24, 2.45) is 52.3 Å². The number of hydrogen-bond acceptors (Lipinski definition) is 12. The summed E-state index contributed by atoms with van der Waals surface area (Å²) in [6, 6.07) is 0. The van der Waals surface area contributed by atoms with Gasteiger partial charge in [0.05, 0.1) is 25.4 Å². The van der Waals surface area contributed by atoms with Crippen molar-refractivity contribution in [3.05, 3.63) is 0 Å². The Morgan fingerprint density at radius 2 is 1.33 bits per heavy atom. The molecule has 0 bridgehead atoms.